The average Bonchev–Trinajstić information content (AvgIpc) is 2.95. The molecule has 1 heterocycles. The molecule has 0 amide bonds. The highest BCUT2D eigenvalue weighted by atomic mass is 32.1. The van der Waals surface area contributed by atoms with E-state index in [1.54, 1.807) is 0 Å². The molecule has 0 unspecified atom stereocenters. The van der Waals surface area contributed by atoms with Crippen LogP contribution in [0.3, 0.4) is 0 Å². The molecule has 0 aliphatic heterocycles. The Balaban J connectivity index is 2.02. The van der Waals surface area contributed by atoms with Crippen LogP contribution in [0, 0.1) is 27.7 Å². The maximum Gasteiger partial charge on any atom is 0.0428 e. The zero-order chi connectivity index (χ0) is 17.6. The van der Waals surface area contributed by atoms with Crippen LogP contribution >= 0.6 is 11.3 Å². The van der Waals surface area contributed by atoms with Gasteiger partial charge in [0, 0.05) is 20.5 Å². The van der Waals surface area contributed by atoms with Gasteiger partial charge in [0.15, 0.2) is 0 Å². The van der Waals surface area contributed by atoms with Crippen molar-refractivity contribution >= 4 is 22.1 Å². The number of fused-ring (bicyclic) bond motifs is 1. The molecule has 0 nitrogen and oxygen atoms in total. The summed E-state index contributed by atoms with van der Waals surface area (Å²) in [5.41, 5.74) is 7.93. The predicted molar refractivity (Wildman–Crippen MR) is 112 cm³/mol. The normalized spacial score (nSPS) is 11.2. The van der Waals surface area contributed by atoms with Crippen molar-refractivity contribution < 1.29 is 0 Å². The fourth-order valence-electron chi connectivity index (χ4n) is 3.24. The fourth-order valence-corrected chi connectivity index (χ4v) is 4.51. The number of rotatable bonds is 2. The molecule has 1 aromatic heterocycles. The third-order valence-electron chi connectivity index (χ3n) is 4.95. The quantitative estimate of drug-likeness (QED) is 0.354. The van der Waals surface area contributed by atoms with Crippen LogP contribution in [-0.4, -0.2) is 0 Å². The summed E-state index contributed by atoms with van der Waals surface area (Å²) in [6.07, 6.45) is 0. The Kier molecular flexibility index (Phi) is 3.97. The van der Waals surface area contributed by atoms with Crippen molar-refractivity contribution in [2.75, 3.05) is 0 Å². The van der Waals surface area contributed by atoms with Gasteiger partial charge in [0.2, 0.25) is 0 Å². The van der Waals surface area contributed by atoms with Gasteiger partial charge in [-0.3, -0.25) is 0 Å². The van der Waals surface area contributed by atoms with Crippen LogP contribution in [-0.2, 0) is 0 Å². The van der Waals surface area contributed by atoms with Gasteiger partial charge in [-0.2, -0.15) is 0 Å². The summed E-state index contributed by atoms with van der Waals surface area (Å²) in [6, 6.07) is 22.5. The first-order valence-corrected chi connectivity index (χ1v) is 9.52. The molecule has 0 saturated carbocycles. The summed E-state index contributed by atoms with van der Waals surface area (Å²) in [5.74, 6) is 0. The lowest BCUT2D eigenvalue weighted by Gasteiger charge is -2.04. The SMILES string of the molecule is Cc1ccc(-c2sc(-c3ccc(C)cc3)c3cc(C)c(C)cc23)cc1. The van der Waals surface area contributed by atoms with Crippen LogP contribution in [0.2, 0.25) is 0 Å². The first-order chi connectivity index (χ1) is 12.0. The molecule has 0 fully saturated rings. The zero-order valence-electron chi connectivity index (χ0n) is 15.2. The number of thiophene rings is 1. The molecule has 4 rings (SSSR count). The lowest BCUT2D eigenvalue weighted by molar-refractivity contribution is 1.37. The van der Waals surface area contributed by atoms with Crippen LogP contribution in [0.1, 0.15) is 22.3 Å². The Morgan fingerprint density at radius 1 is 0.520 bits per heavy atom. The van der Waals surface area contributed by atoms with Crippen molar-refractivity contribution in [2.24, 2.45) is 0 Å². The van der Waals surface area contributed by atoms with Gasteiger partial charge in [-0.15, -0.1) is 11.3 Å². The van der Waals surface area contributed by atoms with Crippen molar-refractivity contribution in [3.63, 3.8) is 0 Å². The van der Waals surface area contributed by atoms with Crippen LogP contribution < -0.4 is 0 Å². The smallest absolute Gasteiger partial charge is 0.0428 e. The lowest BCUT2D eigenvalue weighted by atomic mass is 9.99. The van der Waals surface area contributed by atoms with E-state index in [0.29, 0.717) is 0 Å². The van der Waals surface area contributed by atoms with E-state index in [1.807, 2.05) is 11.3 Å². The summed E-state index contributed by atoms with van der Waals surface area (Å²) in [5, 5.41) is 2.74. The van der Waals surface area contributed by atoms with E-state index in [-0.39, 0.29) is 0 Å². The molecule has 0 aliphatic carbocycles. The van der Waals surface area contributed by atoms with Crippen molar-refractivity contribution in [3.05, 3.63) is 82.9 Å². The molecule has 4 aromatic rings. The standard InChI is InChI=1S/C24H22S/c1-15-5-9-19(10-6-15)23-21-13-17(3)18(4)14-22(21)24(25-23)20-11-7-16(2)8-12-20/h5-14H,1-4H3. The topological polar surface area (TPSA) is 0 Å². The fraction of sp³-hybridized carbons (Fsp3) is 0.167. The molecular weight excluding hydrogens is 320 g/mol. The third kappa shape index (κ3) is 2.89. The number of hydrogen-bond donors (Lipinski definition) is 0. The predicted octanol–water partition coefficient (Wildman–Crippen LogP) is 7.47. The highest BCUT2D eigenvalue weighted by Crippen LogP contribution is 2.44. The second kappa shape index (κ2) is 6.16. The van der Waals surface area contributed by atoms with E-state index in [9.17, 15) is 0 Å². The molecule has 0 atom stereocenters. The molecular formula is C24H22S. The first kappa shape index (κ1) is 16.1. The van der Waals surface area contributed by atoms with Crippen LogP contribution in [0.4, 0.5) is 0 Å². The lowest BCUT2D eigenvalue weighted by Crippen LogP contribution is -1.82. The van der Waals surface area contributed by atoms with Gasteiger partial charge in [0.25, 0.3) is 0 Å². The number of hydrogen-bond acceptors (Lipinski definition) is 1. The minimum absolute atomic E-state index is 1.30. The minimum atomic E-state index is 1.30. The Morgan fingerprint density at radius 3 is 1.24 bits per heavy atom. The van der Waals surface area contributed by atoms with E-state index < -0.39 is 0 Å². The Hall–Kier alpha value is -2.38. The average molecular weight is 343 g/mol. The van der Waals surface area contributed by atoms with Crippen LogP contribution in [0.15, 0.2) is 60.7 Å². The van der Waals surface area contributed by atoms with Gasteiger partial charge < -0.3 is 0 Å². The van der Waals surface area contributed by atoms with Crippen molar-refractivity contribution in [2.45, 2.75) is 27.7 Å². The third-order valence-corrected chi connectivity index (χ3v) is 6.27. The zero-order valence-corrected chi connectivity index (χ0v) is 16.0. The highest BCUT2D eigenvalue weighted by molar-refractivity contribution is 7.21. The second-order valence-electron chi connectivity index (χ2n) is 6.97. The Bertz CT molecular complexity index is 963. The molecule has 25 heavy (non-hydrogen) atoms. The van der Waals surface area contributed by atoms with E-state index in [0.717, 1.165) is 0 Å². The van der Waals surface area contributed by atoms with Gasteiger partial charge in [-0.05, 0) is 62.1 Å². The van der Waals surface area contributed by atoms with Gasteiger partial charge in [-0.25, -0.2) is 0 Å². The highest BCUT2D eigenvalue weighted by Gasteiger charge is 2.15. The van der Waals surface area contributed by atoms with Crippen molar-refractivity contribution in [1.29, 1.82) is 0 Å². The molecule has 0 N–H and O–H groups in total. The molecule has 0 spiro atoms. The number of aryl methyl sites for hydroxylation is 4. The number of benzene rings is 3. The molecule has 124 valence electrons. The second-order valence-corrected chi connectivity index (χ2v) is 8.00. The maximum atomic E-state index is 2.36. The first-order valence-electron chi connectivity index (χ1n) is 8.71. The summed E-state index contributed by atoms with van der Waals surface area (Å²) in [4.78, 5) is 2.74. The van der Waals surface area contributed by atoms with Crippen molar-refractivity contribution in [1.82, 2.24) is 0 Å². The van der Waals surface area contributed by atoms with E-state index in [1.165, 1.54) is 53.9 Å². The van der Waals surface area contributed by atoms with E-state index in [2.05, 4.69) is 88.4 Å². The summed E-state index contributed by atoms with van der Waals surface area (Å²) in [6.45, 7) is 8.69. The molecule has 0 aliphatic rings. The Labute approximate surface area is 153 Å². The summed E-state index contributed by atoms with van der Waals surface area (Å²) < 4.78 is 0. The molecule has 1 heteroatoms. The minimum Gasteiger partial charge on any atom is -0.134 e. The monoisotopic (exact) mass is 342 g/mol. The van der Waals surface area contributed by atoms with Gasteiger partial charge in [0.1, 0.15) is 0 Å². The van der Waals surface area contributed by atoms with Crippen LogP contribution in [0.5, 0.6) is 0 Å². The van der Waals surface area contributed by atoms with Crippen molar-refractivity contribution in [3.8, 4) is 20.9 Å². The van der Waals surface area contributed by atoms with E-state index >= 15 is 0 Å². The van der Waals surface area contributed by atoms with E-state index in [4.69, 9.17) is 0 Å². The summed E-state index contributed by atoms with van der Waals surface area (Å²) in [7, 11) is 0. The largest absolute Gasteiger partial charge is 0.134 e. The molecule has 0 bridgehead atoms. The maximum absolute atomic E-state index is 2.36. The summed E-state index contributed by atoms with van der Waals surface area (Å²) >= 11 is 1.91. The van der Waals surface area contributed by atoms with Gasteiger partial charge >= 0.3 is 0 Å². The Morgan fingerprint density at radius 2 is 0.880 bits per heavy atom. The van der Waals surface area contributed by atoms with Gasteiger partial charge in [0.05, 0.1) is 0 Å². The molecule has 0 saturated heterocycles. The molecule has 3 aromatic carbocycles. The molecule has 0 radical (unpaired) electrons. The van der Waals surface area contributed by atoms with Crippen LogP contribution in [0.25, 0.3) is 31.7 Å². The van der Waals surface area contributed by atoms with Gasteiger partial charge in [-0.1, -0.05) is 59.7 Å².